The molecule has 0 spiro atoms. The first-order chi connectivity index (χ1) is 11.3. The molecule has 1 saturated heterocycles. The maximum absolute atomic E-state index is 12.7. The lowest BCUT2D eigenvalue weighted by molar-refractivity contribution is -0.132. The molecule has 2 atom stereocenters. The molecule has 126 valence electrons. The number of aliphatic hydroxyl groups excluding tert-OH is 1. The van der Waals surface area contributed by atoms with Crippen LogP contribution >= 0.6 is 11.6 Å². The molecule has 1 fully saturated rings. The predicted molar refractivity (Wildman–Crippen MR) is 87.5 cm³/mol. The van der Waals surface area contributed by atoms with Crippen LogP contribution in [0.1, 0.15) is 30.1 Å². The first-order valence-corrected chi connectivity index (χ1v) is 7.84. The number of hydrogen-bond donors (Lipinski definition) is 2. The molecule has 1 aromatic carbocycles. The number of carbonyl (C=O) groups excluding carboxylic acids is 2. The molecular weight excluding hydrogens is 332 g/mol. The Balaban J connectivity index is 1.84. The minimum absolute atomic E-state index is 0.191. The van der Waals surface area contributed by atoms with Crippen molar-refractivity contribution in [2.24, 2.45) is 0 Å². The molecule has 2 aromatic rings. The van der Waals surface area contributed by atoms with Crippen molar-refractivity contribution >= 4 is 23.5 Å². The normalized spacial score (nSPS) is 21.9. The van der Waals surface area contributed by atoms with Gasteiger partial charge in [0.15, 0.2) is 5.54 Å². The molecule has 1 aromatic heterocycles. The summed E-state index contributed by atoms with van der Waals surface area (Å²) in [5.41, 5.74) is -0.826. The van der Waals surface area contributed by atoms with Crippen molar-refractivity contribution in [1.29, 1.82) is 0 Å². The Kier molecular flexibility index (Phi) is 4.11. The lowest BCUT2D eigenvalue weighted by Gasteiger charge is -2.21. The average Bonchev–Trinajstić information content (AvgIpc) is 3.06. The number of benzene rings is 1. The molecule has 0 aliphatic carbocycles. The Morgan fingerprint density at radius 3 is 2.62 bits per heavy atom. The first kappa shape index (κ1) is 16.5. The van der Waals surface area contributed by atoms with E-state index in [1.807, 2.05) is 0 Å². The highest BCUT2D eigenvalue weighted by Crippen LogP contribution is 2.32. The van der Waals surface area contributed by atoms with Crippen molar-refractivity contribution in [2.45, 2.75) is 25.5 Å². The number of furan rings is 1. The minimum atomic E-state index is -1.29. The zero-order chi connectivity index (χ0) is 17.5. The maximum atomic E-state index is 12.7. The zero-order valence-electron chi connectivity index (χ0n) is 13.2. The van der Waals surface area contributed by atoms with Gasteiger partial charge >= 0.3 is 6.03 Å². The molecule has 2 unspecified atom stereocenters. The van der Waals surface area contributed by atoms with E-state index in [0.29, 0.717) is 22.1 Å². The van der Waals surface area contributed by atoms with E-state index < -0.39 is 23.6 Å². The molecule has 0 radical (unpaired) electrons. The molecule has 3 rings (SSSR count). The third-order valence-electron chi connectivity index (χ3n) is 4.13. The molecule has 2 heterocycles. The van der Waals surface area contributed by atoms with Crippen molar-refractivity contribution in [1.82, 2.24) is 10.2 Å². The number of β-amino-alcohol motifs (C(OH)–C–C–N with tert-alkyl or cyclic N) is 1. The van der Waals surface area contributed by atoms with Gasteiger partial charge in [-0.2, -0.15) is 0 Å². The Morgan fingerprint density at radius 1 is 1.29 bits per heavy atom. The monoisotopic (exact) mass is 348 g/mol. The second-order valence-electron chi connectivity index (χ2n) is 5.92. The van der Waals surface area contributed by atoms with E-state index in [4.69, 9.17) is 16.0 Å². The summed E-state index contributed by atoms with van der Waals surface area (Å²) < 4.78 is 5.50. The van der Waals surface area contributed by atoms with Crippen molar-refractivity contribution in [3.63, 3.8) is 0 Å². The molecule has 2 N–H and O–H groups in total. The lowest BCUT2D eigenvalue weighted by atomic mass is 9.99. The molecule has 1 aliphatic heterocycles. The van der Waals surface area contributed by atoms with E-state index in [0.717, 1.165) is 4.90 Å². The lowest BCUT2D eigenvalue weighted by Crippen LogP contribution is -2.41. The summed E-state index contributed by atoms with van der Waals surface area (Å²) >= 11 is 6.05. The van der Waals surface area contributed by atoms with E-state index in [9.17, 15) is 14.7 Å². The minimum Gasteiger partial charge on any atom is -0.463 e. The highest BCUT2D eigenvalue weighted by molar-refractivity contribution is 6.31. The molecular formula is C17H17ClN2O4. The zero-order valence-corrected chi connectivity index (χ0v) is 14.0. The number of aryl methyl sites for hydroxylation is 1. The van der Waals surface area contributed by atoms with Crippen LogP contribution in [0.5, 0.6) is 0 Å². The topological polar surface area (TPSA) is 82.8 Å². The van der Waals surface area contributed by atoms with Gasteiger partial charge < -0.3 is 14.8 Å². The number of aliphatic hydroxyl groups is 1. The third kappa shape index (κ3) is 2.68. The summed E-state index contributed by atoms with van der Waals surface area (Å²) in [4.78, 5) is 26.0. The van der Waals surface area contributed by atoms with Crippen LogP contribution in [-0.2, 0) is 10.3 Å². The molecule has 3 amide bonds. The predicted octanol–water partition coefficient (Wildman–Crippen LogP) is 2.74. The number of nitrogens with zero attached hydrogens (tertiary/aromatic N) is 1. The van der Waals surface area contributed by atoms with Crippen LogP contribution in [0.15, 0.2) is 40.8 Å². The Bertz CT molecular complexity index is 803. The van der Waals surface area contributed by atoms with E-state index in [-0.39, 0.29) is 6.54 Å². The molecule has 6 nitrogen and oxygen atoms in total. The van der Waals surface area contributed by atoms with Crippen molar-refractivity contribution in [3.05, 3.63) is 58.5 Å². The van der Waals surface area contributed by atoms with Crippen molar-refractivity contribution < 1.29 is 19.1 Å². The van der Waals surface area contributed by atoms with E-state index in [1.165, 1.54) is 0 Å². The van der Waals surface area contributed by atoms with Crippen LogP contribution in [0.2, 0.25) is 5.02 Å². The van der Waals surface area contributed by atoms with E-state index in [2.05, 4.69) is 5.32 Å². The first-order valence-electron chi connectivity index (χ1n) is 7.46. The van der Waals surface area contributed by atoms with Crippen LogP contribution < -0.4 is 5.32 Å². The number of halogens is 1. The Morgan fingerprint density at radius 2 is 2.00 bits per heavy atom. The molecule has 7 heteroatoms. The number of imide groups is 1. The van der Waals surface area contributed by atoms with Gasteiger partial charge in [-0.05, 0) is 32.0 Å². The largest absolute Gasteiger partial charge is 0.463 e. The fourth-order valence-electron chi connectivity index (χ4n) is 2.75. The standard InChI is InChI=1S/C17H17ClN2O4/c1-10-7-8-14(24-10)17(2)15(22)20(16(23)19-17)9-13(21)11-5-3-4-6-12(11)18/h3-8,13,21H,9H2,1-2H3,(H,19,23). The maximum Gasteiger partial charge on any atom is 0.325 e. The summed E-state index contributed by atoms with van der Waals surface area (Å²) in [6.45, 7) is 3.14. The number of hydrogen-bond acceptors (Lipinski definition) is 4. The van der Waals surface area contributed by atoms with Gasteiger partial charge in [-0.3, -0.25) is 9.69 Å². The van der Waals surface area contributed by atoms with Crippen LogP contribution in [0.3, 0.4) is 0 Å². The fourth-order valence-corrected chi connectivity index (χ4v) is 3.01. The summed E-state index contributed by atoms with van der Waals surface area (Å²) in [6, 6.07) is 9.56. The summed E-state index contributed by atoms with van der Waals surface area (Å²) in [5.74, 6) is 0.517. The SMILES string of the molecule is Cc1ccc(C2(C)NC(=O)N(CC(O)c3ccccc3Cl)C2=O)o1. The van der Waals surface area contributed by atoms with Crippen molar-refractivity contribution in [2.75, 3.05) is 6.54 Å². The van der Waals surface area contributed by atoms with Gasteiger partial charge in [0, 0.05) is 10.6 Å². The molecule has 1 aliphatic rings. The highest BCUT2D eigenvalue weighted by atomic mass is 35.5. The number of nitrogens with one attached hydrogen (secondary N) is 1. The third-order valence-corrected chi connectivity index (χ3v) is 4.47. The van der Waals surface area contributed by atoms with Crippen LogP contribution in [0, 0.1) is 6.92 Å². The van der Waals surface area contributed by atoms with Crippen LogP contribution in [0.4, 0.5) is 4.79 Å². The quantitative estimate of drug-likeness (QED) is 0.832. The van der Waals surface area contributed by atoms with Gasteiger partial charge in [0.1, 0.15) is 11.5 Å². The number of carbonyl (C=O) groups is 2. The van der Waals surface area contributed by atoms with Gasteiger partial charge in [-0.1, -0.05) is 29.8 Å². The molecule has 24 heavy (non-hydrogen) atoms. The van der Waals surface area contributed by atoms with Crippen LogP contribution in [0.25, 0.3) is 0 Å². The summed E-state index contributed by atoms with van der Waals surface area (Å²) in [5, 5.41) is 13.4. The average molecular weight is 349 g/mol. The van der Waals surface area contributed by atoms with E-state index >= 15 is 0 Å². The van der Waals surface area contributed by atoms with Gasteiger partial charge in [0.05, 0.1) is 12.6 Å². The second-order valence-corrected chi connectivity index (χ2v) is 6.33. The van der Waals surface area contributed by atoms with Crippen molar-refractivity contribution in [3.8, 4) is 0 Å². The van der Waals surface area contributed by atoms with E-state index in [1.54, 1.807) is 50.2 Å². The summed E-state index contributed by atoms with van der Waals surface area (Å²) in [6.07, 6.45) is -1.07. The Labute approximate surface area is 144 Å². The highest BCUT2D eigenvalue weighted by Gasteiger charge is 2.51. The Hall–Kier alpha value is -2.31. The van der Waals surface area contributed by atoms with Gasteiger partial charge in [-0.25, -0.2) is 4.79 Å². The van der Waals surface area contributed by atoms with Gasteiger partial charge in [-0.15, -0.1) is 0 Å². The second kappa shape index (κ2) is 5.96. The fraction of sp³-hybridized carbons (Fsp3) is 0.294. The smallest absolute Gasteiger partial charge is 0.325 e. The van der Waals surface area contributed by atoms with Gasteiger partial charge in [0.2, 0.25) is 0 Å². The number of amides is 3. The molecule has 0 bridgehead atoms. The molecule has 0 saturated carbocycles. The number of rotatable bonds is 4. The van der Waals surface area contributed by atoms with Gasteiger partial charge in [0.25, 0.3) is 5.91 Å². The number of urea groups is 1. The summed E-state index contributed by atoms with van der Waals surface area (Å²) in [7, 11) is 0. The van der Waals surface area contributed by atoms with Crippen LogP contribution in [-0.4, -0.2) is 28.5 Å².